The Labute approximate surface area is 144 Å². The number of hydrogen-bond donors (Lipinski definition) is 3. The molecule has 9 nitrogen and oxygen atoms in total. The number of aromatic nitrogens is 4. The van der Waals surface area contributed by atoms with Crippen LogP contribution in [0.4, 0.5) is 10.2 Å². The number of alkyl halides is 1. The average molecular weight is 351 g/mol. The Bertz CT molecular complexity index is 753. The Morgan fingerprint density at radius 2 is 2.20 bits per heavy atom. The largest absolute Gasteiger partial charge is 0.387 e. The van der Waals surface area contributed by atoms with Crippen molar-refractivity contribution in [1.82, 2.24) is 24.4 Å². The highest BCUT2D eigenvalue weighted by Crippen LogP contribution is 2.34. The smallest absolute Gasteiger partial charge is 0.173 e. The van der Waals surface area contributed by atoms with Gasteiger partial charge in [-0.3, -0.25) is 4.57 Å². The molecule has 1 saturated heterocycles. The van der Waals surface area contributed by atoms with Gasteiger partial charge in [0.05, 0.1) is 6.33 Å². The Kier molecular flexibility index (Phi) is 5.23. The summed E-state index contributed by atoms with van der Waals surface area (Å²) in [5.41, 5.74) is 11.9. The van der Waals surface area contributed by atoms with E-state index in [0.717, 1.165) is 0 Å². The monoisotopic (exact) mass is 351 g/mol. The molecule has 3 heterocycles. The summed E-state index contributed by atoms with van der Waals surface area (Å²) in [6.45, 7) is 1.46. The van der Waals surface area contributed by atoms with E-state index in [1.165, 1.54) is 17.2 Å². The lowest BCUT2D eigenvalue weighted by Gasteiger charge is -2.21. The van der Waals surface area contributed by atoms with E-state index in [-0.39, 0.29) is 5.82 Å². The van der Waals surface area contributed by atoms with Crippen LogP contribution in [-0.2, 0) is 4.74 Å². The van der Waals surface area contributed by atoms with Gasteiger partial charge in [0, 0.05) is 19.6 Å². The zero-order valence-corrected chi connectivity index (χ0v) is 13.9. The van der Waals surface area contributed by atoms with Crippen molar-refractivity contribution in [3.05, 3.63) is 24.8 Å². The minimum Gasteiger partial charge on any atom is -0.387 e. The van der Waals surface area contributed by atoms with Crippen molar-refractivity contribution in [2.75, 3.05) is 32.4 Å². The first kappa shape index (κ1) is 17.7. The number of aliphatic hydroxyl groups excluding tert-OH is 1. The van der Waals surface area contributed by atoms with Crippen LogP contribution >= 0.6 is 0 Å². The third-order valence-corrected chi connectivity index (χ3v) is 4.17. The van der Waals surface area contributed by atoms with E-state index in [4.69, 9.17) is 16.2 Å². The highest BCUT2D eigenvalue weighted by Gasteiger charge is 2.45. The van der Waals surface area contributed by atoms with Crippen molar-refractivity contribution < 1.29 is 14.2 Å². The van der Waals surface area contributed by atoms with Crippen molar-refractivity contribution in [3.8, 4) is 0 Å². The Hall–Kier alpha value is -2.14. The summed E-state index contributed by atoms with van der Waals surface area (Å²) in [5, 5.41) is 10.2. The molecule has 0 aliphatic carbocycles. The predicted molar refractivity (Wildman–Crippen MR) is 90.2 cm³/mol. The molecule has 0 aromatic carbocycles. The fraction of sp³-hybridized carbons (Fsp3) is 0.533. The second-order valence-corrected chi connectivity index (χ2v) is 6.01. The van der Waals surface area contributed by atoms with Crippen molar-refractivity contribution >= 4 is 17.0 Å². The van der Waals surface area contributed by atoms with Gasteiger partial charge in [-0.15, -0.1) is 0 Å². The van der Waals surface area contributed by atoms with Crippen LogP contribution in [-0.4, -0.2) is 74.6 Å². The molecule has 5 N–H and O–H groups in total. The molecule has 3 rings (SSSR count). The van der Waals surface area contributed by atoms with E-state index in [9.17, 15) is 9.50 Å². The number of anilines is 1. The number of likely N-dealkylation sites (N-methyl/N-ethyl adjacent to an activating group) is 1. The van der Waals surface area contributed by atoms with Gasteiger partial charge >= 0.3 is 0 Å². The maximum Gasteiger partial charge on any atom is 0.173 e. The molecule has 1 aliphatic heterocycles. The Morgan fingerprint density at radius 1 is 1.40 bits per heavy atom. The lowest BCUT2D eigenvalue weighted by molar-refractivity contribution is -0.0330. The predicted octanol–water partition coefficient (Wildman–Crippen LogP) is -0.548. The number of nitrogens with zero attached hydrogens (tertiary/aromatic N) is 5. The number of halogens is 1. The second kappa shape index (κ2) is 7.40. The first-order chi connectivity index (χ1) is 12.0. The first-order valence-electron chi connectivity index (χ1n) is 7.97. The number of hydrogen-bond acceptors (Lipinski definition) is 8. The van der Waals surface area contributed by atoms with Crippen LogP contribution in [0.1, 0.15) is 6.23 Å². The van der Waals surface area contributed by atoms with Crippen LogP contribution in [0.3, 0.4) is 0 Å². The van der Waals surface area contributed by atoms with Gasteiger partial charge < -0.3 is 26.2 Å². The van der Waals surface area contributed by atoms with Crippen LogP contribution in [0.25, 0.3) is 11.2 Å². The Balaban J connectivity index is 1.75. The highest BCUT2D eigenvalue weighted by molar-refractivity contribution is 5.81. The van der Waals surface area contributed by atoms with E-state index in [1.54, 1.807) is 0 Å². The maximum atomic E-state index is 14.6. The number of imidazole rings is 1. The molecule has 0 bridgehead atoms. The molecule has 1 fully saturated rings. The Morgan fingerprint density at radius 3 is 2.96 bits per heavy atom. The van der Waals surface area contributed by atoms with Crippen LogP contribution in [0.5, 0.6) is 0 Å². The van der Waals surface area contributed by atoms with Crippen molar-refractivity contribution in [3.63, 3.8) is 0 Å². The molecule has 2 aromatic heterocycles. The molecule has 0 unspecified atom stereocenters. The molecule has 136 valence electrons. The van der Waals surface area contributed by atoms with Gasteiger partial charge in [-0.25, -0.2) is 19.3 Å². The standard InChI is InChI=1S/C15H22FN7O2/c1-22(5-3-2-4-17)6-9-12(24)10(16)15(25-9)23-8-21-11-13(18)19-7-20-14(11)23/h2-3,7-10,12,15,24H,4-6,17H2,1H3,(H2,18,19,20)/b3-2-/t9-,10-,12-,15-/m1/s1. The molecular formula is C15H22FN7O2. The van der Waals surface area contributed by atoms with Crippen molar-refractivity contribution in [2.24, 2.45) is 5.73 Å². The summed E-state index contributed by atoms with van der Waals surface area (Å²) in [4.78, 5) is 14.0. The van der Waals surface area contributed by atoms with E-state index in [1.807, 2.05) is 24.1 Å². The van der Waals surface area contributed by atoms with Gasteiger partial charge in [0.1, 0.15) is 24.1 Å². The highest BCUT2D eigenvalue weighted by atomic mass is 19.1. The molecular weight excluding hydrogens is 329 g/mol. The van der Waals surface area contributed by atoms with Crippen LogP contribution < -0.4 is 11.5 Å². The minimum absolute atomic E-state index is 0.209. The molecule has 0 amide bonds. The van der Waals surface area contributed by atoms with E-state index in [0.29, 0.717) is 30.8 Å². The summed E-state index contributed by atoms with van der Waals surface area (Å²) < 4.78 is 21.8. The summed E-state index contributed by atoms with van der Waals surface area (Å²) in [7, 11) is 1.86. The normalized spacial score (nSPS) is 27.1. The molecule has 1 aliphatic rings. The van der Waals surface area contributed by atoms with Gasteiger partial charge in [0.25, 0.3) is 0 Å². The zero-order valence-electron chi connectivity index (χ0n) is 13.9. The maximum absolute atomic E-state index is 14.6. The zero-order chi connectivity index (χ0) is 18.0. The molecule has 2 aromatic rings. The lowest BCUT2D eigenvalue weighted by atomic mass is 10.1. The van der Waals surface area contributed by atoms with Crippen molar-refractivity contribution in [1.29, 1.82) is 0 Å². The van der Waals surface area contributed by atoms with Gasteiger partial charge in [0.2, 0.25) is 0 Å². The second-order valence-electron chi connectivity index (χ2n) is 6.01. The average Bonchev–Trinajstić information content (AvgIpc) is 3.13. The molecule has 0 radical (unpaired) electrons. The third-order valence-electron chi connectivity index (χ3n) is 4.17. The van der Waals surface area contributed by atoms with Gasteiger partial charge in [-0.1, -0.05) is 12.2 Å². The number of ether oxygens (including phenoxy) is 1. The van der Waals surface area contributed by atoms with Crippen molar-refractivity contribution in [2.45, 2.75) is 24.6 Å². The van der Waals surface area contributed by atoms with E-state index in [2.05, 4.69) is 15.0 Å². The van der Waals surface area contributed by atoms with Crippen LogP contribution in [0.2, 0.25) is 0 Å². The van der Waals surface area contributed by atoms with Gasteiger partial charge in [-0.2, -0.15) is 0 Å². The SMILES string of the molecule is CN(C/C=C\CN)C[C@H]1O[C@@H](n2cnc3c(N)ncnc32)[C@H](F)[C@@H]1O. The number of fused-ring (bicyclic) bond motifs is 1. The third kappa shape index (κ3) is 3.47. The summed E-state index contributed by atoms with van der Waals surface area (Å²) >= 11 is 0. The molecule has 25 heavy (non-hydrogen) atoms. The molecule has 4 atom stereocenters. The summed E-state index contributed by atoms with van der Waals surface area (Å²) in [6, 6.07) is 0. The van der Waals surface area contributed by atoms with Gasteiger partial charge in [-0.05, 0) is 7.05 Å². The molecule has 10 heteroatoms. The quantitative estimate of drug-likeness (QED) is 0.592. The number of aliphatic hydroxyl groups is 1. The van der Waals surface area contributed by atoms with Crippen LogP contribution in [0, 0.1) is 0 Å². The number of nitrogen functional groups attached to an aromatic ring is 1. The lowest BCUT2D eigenvalue weighted by Crippen LogP contribution is -2.37. The fourth-order valence-electron chi connectivity index (χ4n) is 2.87. The molecule has 0 saturated carbocycles. The molecule has 0 spiro atoms. The van der Waals surface area contributed by atoms with Crippen LogP contribution in [0.15, 0.2) is 24.8 Å². The fourth-order valence-corrected chi connectivity index (χ4v) is 2.87. The summed E-state index contributed by atoms with van der Waals surface area (Å²) in [5.74, 6) is 0.209. The first-order valence-corrected chi connectivity index (χ1v) is 7.97. The van der Waals surface area contributed by atoms with E-state index < -0.39 is 24.6 Å². The van der Waals surface area contributed by atoms with E-state index >= 15 is 0 Å². The number of nitrogens with two attached hydrogens (primary N) is 2. The topological polar surface area (TPSA) is 128 Å². The van der Waals surface area contributed by atoms with Gasteiger partial charge in [0.15, 0.2) is 23.9 Å². The minimum atomic E-state index is -1.61. The summed E-state index contributed by atoms with van der Waals surface area (Å²) in [6.07, 6.45) is 1.88. The number of rotatable bonds is 6.